The molecule has 0 aromatic carbocycles. The van der Waals surface area contributed by atoms with Crippen molar-refractivity contribution in [2.45, 2.75) is 12.6 Å². The zero-order chi connectivity index (χ0) is 13.7. The second kappa shape index (κ2) is 6.76. The molecule has 104 valence electrons. The van der Waals surface area contributed by atoms with E-state index in [9.17, 15) is 9.90 Å². The van der Waals surface area contributed by atoms with Gasteiger partial charge in [0.05, 0.1) is 31.0 Å². The lowest BCUT2D eigenvalue weighted by molar-refractivity contribution is 0.142. The lowest BCUT2D eigenvalue weighted by Gasteiger charge is -2.13. The van der Waals surface area contributed by atoms with Crippen LogP contribution in [0.3, 0.4) is 0 Å². The lowest BCUT2D eigenvalue weighted by atomic mass is 10.3. The summed E-state index contributed by atoms with van der Waals surface area (Å²) in [7, 11) is 1.62. The largest absolute Gasteiger partial charge is 0.390 e. The van der Waals surface area contributed by atoms with Gasteiger partial charge >= 0.3 is 0 Å². The Bertz CT molecular complexity index is 581. The number of aliphatic hydroxyl groups excluding tert-OH is 1. The summed E-state index contributed by atoms with van der Waals surface area (Å²) in [5.41, 5.74) is -0.109. The van der Waals surface area contributed by atoms with Gasteiger partial charge in [0.2, 0.25) is 0 Å². The summed E-state index contributed by atoms with van der Waals surface area (Å²) in [5.74, 6) is 0. The topological polar surface area (TPSA) is 76.4 Å². The number of rotatable bonds is 7. The third-order valence-electron chi connectivity index (χ3n) is 2.72. The molecule has 0 fully saturated rings. The molecule has 0 bridgehead atoms. The van der Waals surface area contributed by atoms with Crippen LogP contribution < -0.4 is 10.9 Å². The maximum absolute atomic E-state index is 12.1. The van der Waals surface area contributed by atoms with Crippen LogP contribution in [0.2, 0.25) is 0 Å². The van der Waals surface area contributed by atoms with E-state index in [1.54, 1.807) is 13.2 Å². The Labute approximate surface area is 114 Å². The molecule has 2 aromatic rings. The third kappa shape index (κ3) is 3.60. The van der Waals surface area contributed by atoms with Crippen molar-refractivity contribution in [1.82, 2.24) is 14.9 Å². The van der Waals surface area contributed by atoms with Gasteiger partial charge < -0.3 is 15.2 Å². The second-order valence-electron chi connectivity index (χ2n) is 4.19. The van der Waals surface area contributed by atoms with Crippen LogP contribution in [0.4, 0.5) is 0 Å². The average molecular weight is 283 g/mol. The Balaban J connectivity index is 1.97. The number of nitrogens with one attached hydrogen (secondary N) is 1. The zero-order valence-electron chi connectivity index (χ0n) is 10.7. The molecule has 0 spiro atoms. The maximum atomic E-state index is 12.1. The first-order valence-corrected chi connectivity index (χ1v) is 6.90. The molecule has 2 N–H and O–H groups in total. The minimum absolute atomic E-state index is 0.109. The molecule has 0 aliphatic carbocycles. The number of ether oxygens (including phenoxy) is 1. The highest BCUT2D eigenvalue weighted by Crippen LogP contribution is 2.13. The van der Waals surface area contributed by atoms with Crippen LogP contribution in [0.25, 0.3) is 10.2 Å². The van der Waals surface area contributed by atoms with Crippen molar-refractivity contribution in [3.05, 3.63) is 28.1 Å². The van der Waals surface area contributed by atoms with Crippen LogP contribution in [-0.4, -0.2) is 47.6 Å². The molecule has 0 aliphatic heterocycles. The highest BCUT2D eigenvalue weighted by Gasteiger charge is 2.09. The van der Waals surface area contributed by atoms with E-state index in [4.69, 9.17) is 4.74 Å². The quantitative estimate of drug-likeness (QED) is 0.703. The minimum Gasteiger partial charge on any atom is -0.390 e. The Morgan fingerprint density at radius 1 is 1.63 bits per heavy atom. The number of fused-ring (bicyclic) bond motifs is 1. The van der Waals surface area contributed by atoms with Gasteiger partial charge in [-0.15, -0.1) is 11.3 Å². The van der Waals surface area contributed by atoms with Gasteiger partial charge in [-0.25, -0.2) is 4.98 Å². The van der Waals surface area contributed by atoms with Crippen molar-refractivity contribution in [2.24, 2.45) is 0 Å². The van der Waals surface area contributed by atoms with Crippen molar-refractivity contribution < 1.29 is 9.84 Å². The molecule has 6 nitrogen and oxygen atoms in total. The molecule has 2 heterocycles. The monoisotopic (exact) mass is 283 g/mol. The first-order chi connectivity index (χ1) is 9.22. The predicted molar refractivity (Wildman–Crippen MR) is 74.6 cm³/mol. The fourth-order valence-electron chi connectivity index (χ4n) is 1.76. The molecule has 2 rings (SSSR count). The van der Waals surface area contributed by atoms with Crippen LogP contribution in [0.15, 0.2) is 22.6 Å². The van der Waals surface area contributed by atoms with Crippen LogP contribution in [0.1, 0.15) is 0 Å². The lowest BCUT2D eigenvalue weighted by Crippen LogP contribution is -2.35. The van der Waals surface area contributed by atoms with Crippen molar-refractivity contribution in [3.63, 3.8) is 0 Å². The summed E-state index contributed by atoms with van der Waals surface area (Å²) in [6.07, 6.45) is 0.854. The summed E-state index contributed by atoms with van der Waals surface area (Å²) >= 11 is 1.44. The second-order valence-corrected chi connectivity index (χ2v) is 5.09. The molecule has 0 radical (unpaired) electrons. The zero-order valence-corrected chi connectivity index (χ0v) is 11.5. The molecule has 0 amide bonds. The summed E-state index contributed by atoms with van der Waals surface area (Å²) in [4.78, 5) is 17.0. The Hall–Kier alpha value is -1.28. The minimum atomic E-state index is -0.632. The summed E-state index contributed by atoms with van der Waals surface area (Å²) in [5, 5.41) is 15.4. The average Bonchev–Trinajstić information content (AvgIpc) is 2.87. The van der Waals surface area contributed by atoms with Gasteiger partial charge in [-0.2, -0.15) is 0 Å². The van der Waals surface area contributed by atoms with Gasteiger partial charge in [-0.3, -0.25) is 9.36 Å². The predicted octanol–water partition coefficient (Wildman–Crippen LogP) is 0.0549. The van der Waals surface area contributed by atoms with E-state index in [1.807, 2.05) is 5.38 Å². The highest BCUT2D eigenvalue weighted by atomic mass is 32.1. The normalized spacial score (nSPS) is 12.9. The molecule has 0 saturated carbocycles. The van der Waals surface area contributed by atoms with Gasteiger partial charge in [0.1, 0.15) is 4.83 Å². The van der Waals surface area contributed by atoms with Crippen molar-refractivity contribution in [1.29, 1.82) is 0 Å². The van der Waals surface area contributed by atoms with Crippen LogP contribution >= 0.6 is 11.3 Å². The van der Waals surface area contributed by atoms with Crippen LogP contribution in [-0.2, 0) is 11.3 Å². The molecule has 19 heavy (non-hydrogen) atoms. The standard InChI is InChI=1S/C12H17N3O3S/c1-18-4-3-13-6-9(16)7-15-8-14-11-10(12(15)17)2-5-19-11/h2,5,8-9,13,16H,3-4,6-7H2,1H3. The fraction of sp³-hybridized carbons (Fsp3) is 0.500. The molecular weight excluding hydrogens is 266 g/mol. The van der Waals surface area contributed by atoms with E-state index in [0.29, 0.717) is 25.1 Å². The molecule has 0 aliphatic rings. The van der Waals surface area contributed by atoms with E-state index in [0.717, 1.165) is 4.83 Å². The Morgan fingerprint density at radius 2 is 2.47 bits per heavy atom. The molecule has 2 aromatic heterocycles. The van der Waals surface area contributed by atoms with Gasteiger partial charge in [-0.1, -0.05) is 0 Å². The van der Waals surface area contributed by atoms with E-state index >= 15 is 0 Å². The third-order valence-corrected chi connectivity index (χ3v) is 3.54. The maximum Gasteiger partial charge on any atom is 0.262 e. The summed E-state index contributed by atoms with van der Waals surface area (Å²) in [6.45, 7) is 1.91. The number of hydrogen-bond donors (Lipinski definition) is 2. The molecule has 0 saturated heterocycles. The number of aromatic nitrogens is 2. The van der Waals surface area contributed by atoms with Crippen molar-refractivity contribution >= 4 is 21.6 Å². The molecule has 1 atom stereocenters. The van der Waals surface area contributed by atoms with Gasteiger partial charge in [0.25, 0.3) is 5.56 Å². The van der Waals surface area contributed by atoms with Gasteiger partial charge in [0.15, 0.2) is 0 Å². The molecular formula is C12H17N3O3S. The van der Waals surface area contributed by atoms with Crippen molar-refractivity contribution in [2.75, 3.05) is 26.8 Å². The van der Waals surface area contributed by atoms with Crippen LogP contribution in [0.5, 0.6) is 0 Å². The number of aliphatic hydroxyl groups is 1. The van der Waals surface area contributed by atoms with Gasteiger partial charge in [-0.05, 0) is 11.4 Å². The highest BCUT2D eigenvalue weighted by molar-refractivity contribution is 7.16. The number of hydrogen-bond acceptors (Lipinski definition) is 6. The number of methoxy groups -OCH3 is 1. The Kier molecular flexibility index (Phi) is 5.03. The van der Waals surface area contributed by atoms with Crippen LogP contribution in [0, 0.1) is 0 Å². The fourth-order valence-corrected chi connectivity index (χ4v) is 2.48. The SMILES string of the molecule is COCCNCC(O)Cn1cnc2sccc2c1=O. The summed E-state index contributed by atoms with van der Waals surface area (Å²) in [6, 6.07) is 1.76. The first kappa shape index (κ1) is 14.1. The summed E-state index contributed by atoms with van der Waals surface area (Å²) < 4.78 is 6.33. The van der Waals surface area contributed by atoms with Gasteiger partial charge in [0, 0.05) is 20.2 Å². The van der Waals surface area contributed by atoms with Crippen molar-refractivity contribution in [3.8, 4) is 0 Å². The molecule has 7 heteroatoms. The Morgan fingerprint density at radius 3 is 3.26 bits per heavy atom. The first-order valence-electron chi connectivity index (χ1n) is 6.02. The number of thiophene rings is 1. The van der Waals surface area contributed by atoms with E-state index in [1.165, 1.54) is 22.2 Å². The van der Waals surface area contributed by atoms with E-state index in [2.05, 4.69) is 10.3 Å². The smallest absolute Gasteiger partial charge is 0.262 e. The number of nitrogens with zero attached hydrogens (tertiary/aromatic N) is 2. The van der Waals surface area contributed by atoms with E-state index < -0.39 is 6.10 Å². The molecule has 1 unspecified atom stereocenters. The van der Waals surface area contributed by atoms with E-state index in [-0.39, 0.29) is 12.1 Å².